The van der Waals surface area contributed by atoms with Crippen LogP contribution in [0.3, 0.4) is 0 Å². The van der Waals surface area contributed by atoms with Crippen LogP contribution in [0.4, 0.5) is 0 Å². The molecule has 2 rings (SSSR count). The molecule has 0 atom stereocenters. The number of nitrogens with one attached hydrogen (secondary N) is 1. The number of carbonyl (C=O) groups excluding carboxylic acids is 1. The Bertz CT molecular complexity index is 538. The van der Waals surface area contributed by atoms with E-state index in [-0.39, 0.29) is 17.7 Å². The van der Waals surface area contributed by atoms with Gasteiger partial charge in [0.2, 0.25) is 0 Å². The number of carbonyl (C=O) groups is 2. The molecule has 108 valence electrons. The number of rotatable bonds is 5. The predicted octanol–water partition coefficient (Wildman–Crippen LogP) is 3.02. The van der Waals surface area contributed by atoms with Crippen LogP contribution in [-0.4, -0.2) is 23.5 Å². The van der Waals surface area contributed by atoms with E-state index in [9.17, 15) is 9.59 Å². The van der Waals surface area contributed by atoms with E-state index in [1.807, 2.05) is 13.0 Å². The van der Waals surface area contributed by atoms with Crippen molar-refractivity contribution in [3.8, 4) is 0 Å². The standard InChI is InChI=1S/C15H18ClNO3/c1-10-4-2-5-11(13(10)16)14(20)17-9-15(6-3-7-15)8-12(18)19/h2,4-5H,3,6-9H2,1H3,(H,17,20)(H,18,19). The molecule has 1 aliphatic rings. The molecule has 0 aliphatic heterocycles. The topological polar surface area (TPSA) is 66.4 Å². The van der Waals surface area contributed by atoms with Gasteiger partial charge in [-0.25, -0.2) is 0 Å². The van der Waals surface area contributed by atoms with Crippen LogP contribution < -0.4 is 5.32 Å². The molecule has 1 saturated carbocycles. The maximum atomic E-state index is 12.1. The Kier molecular flexibility index (Phi) is 4.33. The fraction of sp³-hybridized carbons (Fsp3) is 0.467. The summed E-state index contributed by atoms with van der Waals surface area (Å²) in [5, 5.41) is 12.2. The van der Waals surface area contributed by atoms with E-state index >= 15 is 0 Å². The lowest BCUT2D eigenvalue weighted by atomic mass is 9.66. The summed E-state index contributed by atoms with van der Waals surface area (Å²) in [6.45, 7) is 2.24. The lowest BCUT2D eigenvalue weighted by Crippen LogP contribution is -2.43. The van der Waals surface area contributed by atoms with E-state index in [2.05, 4.69) is 5.32 Å². The number of carboxylic acid groups (broad SMARTS) is 1. The smallest absolute Gasteiger partial charge is 0.303 e. The average Bonchev–Trinajstić information content (AvgIpc) is 2.35. The van der Waals surface area contributed by atoms with Crippen molar-refractivity contribution in [1.29, 1.82) is 0 Å². The van der Waals surface area contributed by atoms with Crippen molar-refractivity contribution in [2.75, 3.05) is 6.54 Å². The van der Waals surface area contributed by atoms with Crippen LogP contribution in [0.1, 0.15) is 41.6 Å². The summed E-state index contributed by atoms with van der Waals surface area (Å²) in [6.07, 6.45) is 2.82. The Morgan fingerprint density at radius 1 is 1.40 bits per heavy atom. The van der Waals surface area contributed by atoms with Gasteiger partial charge in [0.1, 0.15) is 0 Å². The van der Waals surface area contributed by atoms with Gasteiger partial charge in [-0.1, -0.05) is 30.2 Å². The fourth-order valence-corrected chi connectivity index (χ4v) is 2.81. The summed E-state index contributed by atoms with van der Waals surface area (Å²) < 4.78 is 0. The zero-order valence-corrected chi connectivity index (χ0v) is 12.2. The van der Waals surface area contributed by atoms with Crippen molar-refractivity contribution >= 4 is 23.5 Å². The largest absolute Gasteiger partial charge is 0.481 e. The maximum absolute atomic E-state index is 12.1. The second kappa shape index (κ2) is 5.83. The number of carboxylic acids is 1. The molecule has 0 spiro atoms. The van der Waals surface area contributed by atoms with E-state index in [1.54, 1.807) is 12.1 Å². The molecule has 4 nitrogen and oxygen atoms in total. The normalized spacial score (nSPS) is 16.3. The Morgan fingerprint density at radius 2 is 2.10 bits per heavy atom. The van der Waals surface area contributed by atoms with E-state index in [1.165, 1.54) is 0 Å². The monoisotopic (exact) mass is 295 g/mol. The molecule has 0 aromatic heterocycles. The summed E-state index contributed by atoms with van der Waals surface area (Å²) in [7, 11) is 0. The number of aliphatic carboxylic acids is 1. The lowest BCUT2D eigenvalue weighted by molar-refractivity contribution is -0.141. The average molecular weight is 296 g/mol. The van der Waals surface area contributed by atoms with Crippen molar-refractivity contribution < 1.29 is 14.7 Å². The Labute approximate surface area is 123 Å². The molecule has 5 heteroatoms. The van der Waals surface area contributed by atoms with Crippen molar-refractivity contribution in [3.63, 3.8) is 0 Å². The summed E-state index contributed by atoms with van der Waals surface area (Å²) in [6, 6.07) is 5.30. The molecule has 0 saturated heterocycles. The highest BCUT2D eigenvalue weighted by Gasteiger charge is 2.39. The Balaban J connectivity index is 2.01. The molecule has 2 N–H and O–H groups in total. The zero-order chi connectivity index (χ0) is 14.8. The number of aryl methyl sites for hydroxylation is 1. The van der Waals surface area contributed by atoms with Gasteiger partial charge in [-0.3, -0.25) is 9.59 Å². The summed E-state index contributed by atoms with van der Waals surface area (Å²) >= 11 is 6.12. The van der Waals surface area contributed by atoms with Crippen LogP contribution >= 0.6 is 11.6 Å². The van der Waals surface area contributed by atoms with E-state index in [4.69, 9.17) is 16.7 Å². The Hall–Kier alpha value is -1.55. The van der Waals surface area contributed by atoms with Crippen molar-refractivity contribution in [3.05, 3.63) is 34.3 Å². The van der Waals surface area contributed by atoms with E-state index in [0.29, 0.717) is 17.1 Å². The lowest BCUT2D eigenvalue weighted by Gasteiger charge is -2.40. The van der Waals surface area contributed by atoms with E-state index in [0.717, 1.165) is 24.8 Å². The van der Waals surface area contributed by atoms with Crippen molar-refractivity contribution in [2.45, 2.75) is 32.6 Å². The fourth-order valence-electron chi connectivity index (χ4n) is 2.60. The van der Waals surface area contributed by atoms with Crippen LogP contribution in [0.25, 0.3) is 0 Å². The van der Waals surface area contributed by atoms with Gasteiger partial charge in [0.15, 0.2) is 0 Å². The molecule has 0 bridgehead atoms. The SMILES string of the molecule is Cc1cccc(C(=O)NCC2(CC(=O)O)CCC2)c1Cl. The first-order valence-corrected chi connectivity index (χ1v) is 7.06. The second-order valence-electron chi connectivity index (χ2n) is 5.54. The van der Waals surface area contributed by atoms with E-state index < -0.39 is 5.97 Å². The molecule has 0 unspecified atom stereocenters. The third-order valence-corrected chi connectivity index (χ3v) is 4.50. The predicted molar refractivity (Wildman–Crippen MR) is 77.1 cm³/mol. The van der Waals surface area contributed by atoms with Crippen molar-refractivity contribution in [2.24, 2.45) is 5.41 Å². The number of amides is 1. The van der Waals surface area contributed by atoms with Gasteiger partial charge in [0, 0.05) is 6.54 Å². The van der Waals surface area contributed by atoms with Crippen LogP contribution in [0.5, 0.6) is 0 Å². The maximum Gasteiger partial charge on any atom is 0.303 e. The number of hydrogen-bond donors (Lipinski definition) is 2. The molecule has 1 fully saturated rings. The quantitative estimate of drug-likeness (QED) is 0.877. The molecular formula is C15H18ClNO3. The zero-order valence-electron chi connectivity index (χ0n) is 11.4. The highest BCUT2D eigenvalue weighted by atomic mass is 35.5. The van der Waals surface area contributed by atoms with Crippen LogP contribution in [-0.2, 0) is 4.79 Å². The molecular weight excluding hydrogens is 278 g/mol. The van der Waals surface area contributed by atoms with Gasteiger partial charge >= 0.3 is 5.97 Å². The van der Waals surface area contributed by atoms with Crippen LogP contribution in [0, 0.1) is 12.3 Å². The second-order valence-corrected chi connectivity index (χ2v) is 5.92. The summed E-state index contributed by atoms with van der Waals surface area (Å²) in [5.74, 6) is -1.05. The minimum absolute atomic E-state index is 0.106. The van der Waals surface area contributed by atoms with Gasteiger partial charge in [-0.15, -0.1) is 0 Å². The van der Waals surface area contributed by atoms with Crippen LogP contribution in [0.2, 0.25) is 5.02 Å². The first kappa shape index (κ1) is 14.9. The number of halogens is 1. The molecule has 1 aliphatic carbocycles. The molecule has 1 amide bonds. The van der Waals surface area contributed by atoms with Gasteiger partial charge < -0.3 is 10.4 Å². The highest BCUT2D eigenvalue weighted by molar-refractivity contribution is 6.34. The first-order valence-electron chi connectivity index (χ1n) is 6.69. The number of benzene rings is 1. The third kappa shape index (κ3) is 3.12. The molecule has 20 heavy (non-hydrogen) atoms. The molecule has 0 heterocycles. The van der Waals surface area contributed by atoms with Gasteiger partial charge in [0.25, 0.3) is 5.91 Å². The minimum Gasteiger partial charge on any atom is -0.481 e. The molecule has 0 radical (unpaired) electrons. The molecule has 1 aromatic carbocycles. The Morgan fingerprint density at radius 3 is 2.65 bits per heavy atom. The highest BCUT2D eigenvalue weighted by Crippen LogP contribution is 2.43. The van der Waals surface area contributed by atoms with Gasteiger partial charge in [-0.05, 0) is 36.8 Å². The van der Waals surface area contributed by atoms with Crippen molar-refractivity contribution in [1.82, 2.24) is 5.32 Å². The summed E-state index contributed by atoms with van der Waals surface area (Å²) in [4.78, 5) is 23.0. The first-order chi connectivity index (χ1) is 9.43. The van der Waals surface area contributed by atoms with Crippen LogP contribution in [0.15, 0.2) is 18.2 Å². The summed E-state index contributed by atoms with van der Waals surface area (Å²) in [5.41, 5.74) is 1.01. The molecule has 1 aromatic rings. The number of hydrogen-bond acceptors (Lipinski definition) is 2. The van der Waals surface area contributed by atoms with Gasteiger partial charge in [0.05, 0.1) is 17.0 Å². The minimum atomic E-state index is -0.812. The third-order valence-electron chi connectivity index (χ3n) is 4.00. The van der Waals surface area contributed by atoms with Gasteiger partial charge in [-0.2, -0.15) is 0 Å².